The topological polar surface area (TPSA) is 106 Å². The van der Waals surface area contributed by atoms with E-state index in [1.165, 1.54) is 0 Å². The Balaban J connectivity index is 1.48. The normalized spacial score (nSPS) is 17.1. The number of carbonyl (C=O) groups is 3. The van der Waals surface area contributed by atoms with E-state index in [0.29, 0.717) is 42.0 Å². The van der Waals surface area contributed by atoms with E-state index in [-0.39, 0.29) is 23.3 Å². The number of carboxylic acids is 1. The van der Waals surface area contributed by atoms with Gasteiger partial charge in [-0.05, 0) is 37.1 Å². The summed E-state index contributed by atoms with van der Waals surface area (Å²) < 4.78 is 0. The summed E-state index contributed by atoms with van der Waals surface area (Å²) in [6, 6.07) is 6.75. The third kappa shape index (κ3) is 5.24. The molecule has 2 saturated heterocycles. The largest absolute Gasteiger partial charge is 0.478 e. The molecule has 0 saturated carbocycles. The number of aromatic carboxylic acids is 1. The highest BCUT2D eigenvalue weighted by Crippen LogP contribution is 2.27. The van der Waals surface area contributed by atoms with Crippen molar-refractivity contribution < 1.29 is 19.5 Å². The van der Waals surface area contributed by atoms with Gasteiger partial charge in [0, 0.05) is 56.3 Å². The van der Waals surface area contributed by atoms with Crippen LogP contribution in [-0.2, 0) is 9.59 Å². The van der Waals surface area contributed by atoms with Crippen molar-refractivity contribution in [2.45, 2.75) is 26.7 Å². The second-order valence-corrected chi connectivity index (χ2v) is 9.06. The van der Waals surface area contributed by atoms with Crippen LogP contribution in [0.3, 0.4) is 0 Å². The summed E-state index contributed by atoms with van der Waals surface area (Å²) >= 11 is 0. The molecule has 1 aromatic heterocycles. The molecule has 9 nitrogen and oxygen atoms in total. The Labute approximate surface area is 193 Å². The summed E-state index contributed by atoms with van der Waals surface area (Å²) in [4.78, 5) is 47.3. The first-order valence-electron chi connectivity index (χ1n) is 11.6. The molecular formula is C24H31N5O4. The van der Waals surface area contributed by atoms with Crippen LogP contribution >= 0.6 is 0 Å². The first-order valence-corrected chi connectivity index (χ1v) is 11.6. The Morgan fingerprint density at radius 3 is 2.36 bits per heavy atom. The number of benzene rings is 1. The van der Waals surface area contributed by atoms with E-state index in [0.717, 1.165) is 39.0 Å². The van der Waals surface area contributed by atoms with Gasteiger partial charge in [-0.2, -0.15) is 0 Å². The first-order chi connectivity index (χ1) is 15.8. The first kappa shape index (κ1) is 23.0. The van der Waals surface area contributed by atoms with E-state index in [9.17, 15) is 19.5 Å². The van der Waals surface area contributed by atoms with Gasteiger partial charge in [0.2, 0.25) is 11.8 Å². The predicted octanol–water partition coefficient (Wildman–Crippen LogP) is 2.27. The van der Waals surface area contributed by atoms with Gasteiger partial charge < -0.3 is 20.2 Å². The summed E-state index contributed by atoms with van der Waals surface area (Å²) in [7, 11) is 0. The minimum absolute atomic E-state index is 0.128. The minimum atomic E-state index is -1.04. The second-order valence-electron chi connectivity index (χ2n) is 9.06. The average molecular weight is 454 g/mol. The number of nitrogens with zero attached hydrogens (tertiary/aromatic N) is 4. The maximum absolute atomic E-state index is 12.4. The molecule has 1 aromatic carbocycles. The van der Waals surface area contributed by atoms with E-state index in [2.05, 4.69) is 15.1 Å². The molecule has 176 valence electrons. The fourth-order valence-corrected chi connectivity index (χ4v) is 4.31. The van der Waals surface area contributed by atoms with Crippen molar-refractivity contribution in [1.29, 1.82) is 0 Å². The lowest BCUT2D eigenvalue weighted by atomic mass is 10.1. The van der Waals surface area contributed by atoms with Crippen molar-refractivity contribution >= 4 is 40.2 Å². The molecule has 2 fully saturated rings. The molecule has 2 aliphatic rings. The number of rotatable bonds is 6. The van der Waals surface area contributed by atoms with Gasteiger partial charge in [0.15, 0.2) is 0 Å². The number of carboxylic acid groups (broad SMARTS) is 1. The van der Waals surface area contributed by atoms with Gasteiger partial charge in [-0.3, -0.25) is 14.5 Å². The maximum Gasteiger partial charge on any atom is 0.336 e. The standard InChI is InChI=1S/C24H31N5O4/c1-16(2)23(31)25-17-5-6-20-18(13-17)19(24(32)33)14-21(26-20)28-11-9-27(10-12-28)15-22(30)29-7-3-4-8-29/h5-6,13-14,16H,3-4,7-12,15H2,1-2H3,(H,25,31)(H,32,33). The van der Waals surface area contributed by atoms with Crippen molar-refractivity contribution in [1.82, 2.24) is 14.8 Å². The molecule has 4 rings (SSSR count). The summed E-state index contributed by atoms with van der Waals surface area (Å²) in [6.07, 6.45) is 2.18. The molecule has 9 heteroatoms. The highest BCUT2D eigenvalue weighted by atomic mass is 16.4. The Kier molecular flexibility index (Phi) is 6.78. The van der Waals surface area contributed by atoms with Crippen LogP contribution in [-0.4, -0.2) is 83.5 Å². The molecule has 2 aliphatic heterocycles. The molecule has 0 bridgehead atoms. The average Bonchev–Trinajstić information content (AvgIpc) is 3.34. The zero-order valence-corrected chi connectivity index (χ0v) is 19.2. The lowest BCUT2D eigenvalue weighted by Gasteiger charge is -2.35. The predicted molar refractivity (Wildman–Crippen MR) is 127 cm³/mol. The number of likely N-dealkylation sites (tertiary alicyclic amines) is 1. The molecule has 3 heterocycles. The summed E-state index contributed by atoms with van der Waals surface area (Å²) in [5, 5.41) is 13.1. The number of pyridine rings is 1. The van der Waals surface area contributed by atoms with Gasteiger partial charge in [-0.1, -0.05) is 13.8 Å². The molecule has 0 unspecified atom stereocenters. The molecule has 2 N–H and O–H groups in total. The van der Waals surface area contributed by atoms with Crippen LogP contribution in [0.2, 0.25) is 0 Å². The summed E-state index contributed by atoms with van der Waals surface area (Å²) in [6.45, 7) is 8.56. The Bertz CT molecular complexity index is 1060. The van der Waals surface area contributed by atoms with Crippen LogP contribution in [0.15, 0.2) is 24.3 Å². The molecule has 0 radical (unpaired) electrons. The van der Waals surface area contributed by atoms with Crippen molar-refractivity contribution in [3.63, 3.8) is 0 Å². The van der Waals surface area contributed by atoms with Gasteiger partial charge in [0.05, 0.1) is 17.6 Å². The SMILES string of the molecule is CC(C)C(=O)Nc1ccc2nc(N3CCN(CC(=O)N4CCCC4)CC3)cc(C(=O)O)c2c1. The van der Waals surface area contributed by atoms with Crippen molar-refractivity contribution in [3.8, 4) is 0 Å². The zero-order chi connectivity index (χ0) is 23.5. The minimum Gasteiger partial charge on any atom is -0.478 e. The number of fused-ring (bicyclic) bond motifs is 1. The van der Waals surface area contributed by atoms with Crippen LogP contribution in [0.5, 0.6) is 0 Å². The summed E-state index contributed by atoms with van der Waals surface area (Å²) in [5.74, 6) is -0.533. The van der Waals surface area contributed by atoms with Crippen LogP contribution < -0.4 is 10.2 Å². The number of nitrogens with one attached hydrogen (secondary N) is 1. The number of anilines is 2. The van der Waals surface area contributed by atoms with Gasteiger partial charge in [0.1, 0.15) is 5.82 Å². The molecular weight excluding hydrogens is 422 g/mol. The fourth-order valence-electron chi connectivity index (χ4n) is 4.31. The van der Waals surface area contributed by atoms with Crippen LogP contribution in [0.1, 0.15) is 37.0 Å². The van der Waals surface area contributed by atoms with Gasteiger partial charge in [-0.25, -0.2) is 9.78 Å². The number of amides is 2. The third-order valence-corrected chi connectivity index (χ3v) is 6.33. The van der Waals surface area contributed by atoms with Crippen molar-refractivity contribution in [2.75, 3.05) is 56.0 Å². The number of carbonyl (C=O) groups excluding carboxylic acids is 2. The van der Waals surface area contributed by atoms with E-state index in [1.807, 2.05) is 4.90 Å². The molecule has 2 amide bonds. The smallest absolute Gasteiger partial charge is 0.336 e. The Morgan fingerprint density at radius 2 is 1.73 bits per heavy atom. The lowest BCUT2D eigenvalue weighted by molar-refractivity contribution is -0.131. The van der Waals surface area contributed by atoms with Crippen LogP contribution in [0.4, 0.5) is 11.5 Å². The number of aromatic nitrogens is 1. The van der Waals surface area contributed by atoms with E-state index < -0.39 is 5.97 Å². The molecule has 33 heavy (non-hydrogen) atoms. The van der Waals surface area contributed by atoms with Crippen LogP contribution in [0, 0.1) is 5.92 Å². The molecule has 0 spiro atoms. The number of piperazine rings is 1. The molecule has 0 aliphatic carbocycles. The maximum atomic E-state index is 12.4. The monoisotopic (exact) mass is 453 g/mol. The van der Waals surface area contributed by atoms with E-state index in [1.54, 1.807) is 38.1 Å². The van der Waals surface area contributed by atoms with Gasteiger partial charge in [0.25, 0.3) is 0 Å². The van der Waals surface area contributed by atoms with Crippen LogP contribution in [0.25, 0.3) is 10.9 Å². The van der Waals surface area contributed by atoms with E-state index in [4.69, 9.17) is 4.98 Å². The molecule has 2 aromatic rings. The highest BCUT2D eigenvalue weighted by molar-refractivity contribution is 6.05. The lowest BCUT2D eigenvalue weighted by Crippen LogP contribution is -2.50. The Morgan fingerprint density at radius 1 is 1.03 bits per heavy atom. The quantitative estimate of drug-likeness (QED) is 0.691. The summed E-state index contributed by atoms with van der Waals surface area (Å²) in [5.41, 5.74) is 1.27. The van der Waals surface area contributed by atoms with Crippen molar-refractivity contribution in [2.24, 2.45) is 5.92 Å². The van der Waals surface area contributed by atoms with Crippen molar-refractivity contribution in [3.05, 3.63) is 29.8 Å². The third-order valence-electron chi connectivity index (χ3n) is 6.33. The number of hydrogen-bond donors (Lipinski definition) is 2. The highest BCUT2D eigenvalue weighted by Gasteiger charge is 2.25. The van der Waals surface area contributed by atoms with Gasteiger partial charge in [-0.15, -0.1) is 0 Å². The van der Waals surface area contributed by atoms with E-state index >= 15 is 0 Å². The number of hydrogen-bond acceptors (Lipinski definition) is 6. The van der Waals surface area contributed by atoms with Gasteiger partial charge >= 0.3 is 5.97 Å². The Hall–Kier alpha value is -3.20. The second kappa shape index (κ2) is 9.74. The molecule has 0 atom stereocenters. The fraction of sp³-hybridized carbons (Fsp3) is 0.500. The zero-order valence-electron chi connectivity index (χ0n) is 19.2.